The van der Waals surface area contributed by atoms with Gasteiger partial charge >= 0.3 is 0 Å². The zero-order valence-electron chi connectivity index (χ0n) is 10.4. The quantitative estimate of drug-likeness (QED) is 0.737. The Morgan fingerprint density at radius 2 is 2.18 bits per heavy atom. The summed E-state index contributed by atoms with van der Waals surface area (Å²) in [5.41, 5.74) is 6.90. The molecule has 0 fully saturated rings. The topological polar surface area (TPSA) is 71.2 Å². The van der Waals surface area contributed by atoms with Crippen molar-refractivity contribution in [2.45, 2.75) is 13.0 Å². The number of amides is 1. The number of carbonyl (C=O) groups is 1. The van der Waals surface area contributed by atoms with E-state index >= 15 is 0 Å². The van der Waals surface area contributed by atoms with Crippen molar-refractivity contribution >= 4 is 5.91 Å². The molecule has 1 unspecified atom stereocenters. The SMILES string of the molecule is CCN(CC(=O)NC)C(CN)c1ccncc1. The molecule has 1 heterocycles. The van der Waals surface area contributed by atoms with Gasteiger partial charge in [-0.15, -0.1) is 0 Å². The van der Waals surface area contributed by atoms with E-state index in [4.69, 9.17) is 5.73 Å². The Balaban J connectivity index is 2.80. The molecule has 0 aromatic carbocycles. The summed E-state index contributed by atoms with van der Waals surface area (Å²) in [7, 11) is 1.64. The molecule has 17 heavy (non-hydrogen) atoms. The van der Waals surface area contributed by atoms with Crippen LogP contribution in [0.4, 0.5) is 0 Å². The molecule has 0 bridgehead atoms. The minimum atomic E-state index is -0.000596. The smallest absolute Gasteiger partial charge is 0.233 e. The first-order valence-electron chi connectivity index (χ1n) is 5.77. The highest BCUT2D eigenvalue weighted by molar-refractivity contribution is 5.77. The van der Waals surface area contributed by atoms with E-state index in [2.05, 4.69) is 10.3 Å². The first-order chi connectivity index (χ1) is 8.22. The zero-order chi connectivity index (χ0) is 12.7. The lowest BCUT2D eigenvalue weighted by atomic mass is 10.1. The van der Waals surface area contributed by atoms with Crippen molar-refractivity contribution in [3.8, 4) is 0 Å². The maximum absolute atomic E-state index is 11.4. The van der Waals surface area contributed by atoms with Gasteiger partial charge in [-0.05, 0) is 24.2 Å². The number of hydrogen-bond acceptors (Lipinski definition) is 4. The van der Waals surface area contributed by atoms with Gasteiger partial charge in [-0.2, -0.15) is 0 Å². The highest BCUT2D eigenvalue weighted by atomic mass is 16.1. The Bertz CT molecular complexity index is 342. The summed E-state index contributed by atoms with van der Waals surface area (Å²) >= 11 is 0. The van der Waals surface area contributed by atoms with E-state index in [-0.39, 0.29) is 11.9 Å². The molecule has 0 saturated carbocycles. The van der Waals surface area contributed by atoms with Gasteiger partial charge in [0.05, 0.1) is 6.54 Å². The standard InChI is InChI=1S/C12H20N4O/c1-3-16(9-12(17)14-2)11(8-13)10-4-6-15-7-5-10/h4-7,11H,3,8-9,13H2,1-2H3,(H,14,17). The molecule has 5 heteroatoms. The van der Waals surface area contributed by atoms with Crippen LogP contribution in [-0.2, 0) is 4.79 Å². The molecule has 0 spiro atoms. The van der Waals surface area contributed by atoms with Crippen LogP contribution >= 0.6 is 0 Å². The molecule has 0 aliphatic heterocycles. The number of pyridine rings is 1. The Hall–Kier alpha value is -1.46. The first-order valence-corrected chi connectivity index (χ1v) is 5.77. The average molecular weight is 236 g/mol. The molecule has 0 radical (unpaired) electrons. The first kappa shape index (κ1) is 13.6. The number of likely N-dealkylation sites (N-methyl/N-ethyl adjacent to an activating group) is 2. The second-order valence-corrected chi connectivity index (χ2v) is 3.77. The third-order valence-electron chi connectivity index (χ3n) is 2.79. The maximum atomic E-state index is 11.4. The molecule has 0 saturated heterocycles. The molecule has 5 nitrogen and oxygen atoms in total. The predicted octanol–water partition coefficient (Wildman–Crippen LogP) is 0.149. The molecule has 1 aromatic heterocycles. The molecule has 1 aromatic rings. The molecule has 94 valence electrons. The number of rotatable bonds is 6. The zero-order valence-corrected chi connectivity index (χ0v) is 10.4. The van der Waals surface area contributed by atoms with Crippen LogP contribution in [0.15, 0.2) is 24.5 Å². The fraction of sp³-hybridized carbons (Fsp3) is 0.500. The van der Waals surface area contributed by atoms with Crippen molar-refractivity contribution in [1.29, 1.82) is 0 Å². The third-order valence-corrected chi connectivity index (χ3v) is 2.79. The summed E-state index contributed by atoms with van der Waals surface area (Å²) in [5, 5.41) is 2.63. The van der Waals surface area contributed by atoms with Gasteiger partial charge in [-0.1, -0.05) is 6.92 Å². The van der Waals surface area contributed by atoms with Crippen molar-refractivity contribution in [3.05, 3.63) is 30.1 Å². The number of nitrogens with two attached hydrogens (primary N) is 1. The molecule has 0 aliphatic carbocycles. The minimum absolute atomic E-state index is 0.000596. The molecule has 0 aliphatic rings. The summed E-state index contributed by atoms with van der Waals surface area (Å²) in [6.07, 6.45) is 3.48. The Morgan fingerprint density at radius 3 is 2.65 bits per heavy atom. The lowest BCUT2D eigenvalue weighted by molar-refractivity contribution is -0.122. The fourth-order valence-corrected chi connectivity index (χ4v) is 1.79. The number of nitrogens with zero attached hydrogens (tertiary/aromatic N) is 2. The van der Waals surface area contributed by atoms with Gasteiger partial charge in [0.2, 0.25) is 5.91 Å². The van der Waals surface area contributed by atoms with Gasteiger partial charge in [0, 0.05) is 32.0 Å². The van der Waals surface area contributed by atoms with Crippen molar-refractivity contribution < 1.29 is 4.79 Å². The number of carbonyl (C=O) groups excluding carboxylic acids is 1. The van der Waals surface area contributed by atoms with Crippen molar-refractivity contribution in [2.24, 2.45) is 5.73 Å². The van der Waals surface area contributed by atoms with E-state index in [9.17, 15) is 4.79 Å². The van der Waals surface area contributed by atoms with E-state index in [0.717, 1.165) is 12.1 Å². The van der Waals surface area contributed by atoms with Gasteiger partial charge in [0.15, 0.2) is 0 Å². The van der Waals surface area contributed by atoms with Gasteiger partial charge in [-0.25, -0.2) is 0 Å². The van der Waals surface area contributed by atoms with Crippen LogP contribution in [0.25, 0.3) is 0 Å². The van der Waals surface area contributed by atoms with Crippen LogP contribution < -0.4 is 11.1 Å². The van der Waals surface area contributed by atoms with Gasteiger partial charge < -0.3 is 11.1 Å². The Morgan fingerprint density at radius 1 is 1.53 bits per heavy atom. The van der Waals surface area contributed by atoms with Crippen LogP contribution in [0.3, 0.4) is 0 Å². The van der Waals surface area contributed by atoms with Crippen LogP contribution in [-0.4, -0.2) is 42.5 Å². The third kappa shape index (κ3) is 3.80. The summed E-state index contributed by atoms with van der Waals surface area (Å²) in [4.78, 5) is 17.5. The molecule has 1 amide bonds. The van der Waals surface area contributed by atoms with E-state index in [1.165, 1.54) is 0 Å². The minimum Gasteiger partial charge on any atom is -0.358 e. The largest absolute Gasteiger partial charge is 0.358 e. The maximum Gasteiger partial charge on any atom is 0.233 e. The summed E-state index contributed by atoms with van der Waals surface area (Å²) < 4.78 is 0. The predicted molar refractivity (Wildman–Crippen MR) is 67.3 cm³/mol. The van der Waals surface area contributed by atoms with Crippen LogP contribution in [0.5, 0.6) is 0 Å². The van der Waals surface area contributed by atoms with E-state index in [1.807, 2.05) is 24.0 Å². The molecule has 1 atom stereocenters. The Kier molecular flexibility index (Phi) is 5.59. The lowest BCUT2D eigenvalue weighted by Gasteiger charge is -2.29. The highest BCUT2D eigenvalue weighted by Crippen LogP contribution is 2.18. The molecule has 1 rings (SSSR count). The molecular formula is C12H20N4O. The normalized spacial score (nSPS) is 12.5. The van der Waals surface area contributed by atoms with Gasteiger partial charge in [0.25, 0.3) is 0 Å². The van der Waals surface area contributed by atoms with Crippen molar-refractivity contribution in [1.82, 2.24) is 15.2 Å². The second kappa shape index (κ2) is 6.98. The summed E-state index contributed by atoms with van der Waals surface area (Å²) in [6.45, 7) is 3.64. The van der Waals surface area contributed by atoms with E-state index in [1.54, 1.807) is 19.4 Å². The highest BCUT2D eigenvalue weighted by Gasteiger charge is 2.19. The number of aromatic nitrogens is 1. The average Bonchev–Trinajstić information content (AvgIpc) is 2.39. The van der Waals surface area contributed by atoms with E-state index in [0.29, 0.717) is 13.1 Å². The molecule has 3 N–H and O–H groups in total. The van der Waals surface area contributed by atoms with Crippen LogP contribution in [0, 0.1) is 0 Å². The van der Waals surface area contributed by atoms with Crippen molar-refractivity contribution in [2.75, 3.05) is 26.7 Å². The van der Waals surface area contributed by atoms with Crippen LogP contribution in [0.1, 0.15) is 18.5 Å². The van der Waals surface area contributed by atoms with Gasteiger partial charge in [0.1, 0.15) is 0 Å². The summed E-state index contributed by atoms with van der Waals surface area (Å²) in [6, 6.07) is 3.92. The van der Waals surface area contributed by atoms with Crippen molar-refractivity contribution in [3.63, 3.8) is 0 Å². The lowest BCUT2D eigenvalue weighted by Crippen LogP contribution is -2.40. The second-order valence-electron chi connectivity index (χ2n) is 3.77. The van der Waals surface area contributed by atoms with Gasteiger partial charge in [-0.3, -0.25) is 14.7 Å². The Labute approximate surface area is 102 Å². The monoisotopic (exact) mass is 236 g/mol. The van der Waals surface area contributed by atoms with E-state index < -0.39 is 0 Å². The number of hydrogen-bond donors (Lipinski definition) is 2. The fourth-order valence-electron chi connectivity index (χ4n) is 1.79. The van der Waals surface area contributed by atoms with Crippen LogP contribution in [0.2, 0.25) is 0 Å². The number of nitrogens with one attached hydrogen (secondary N) is 1. The summed E-state index contributed by atoms with van der Waals surface area (Å²) in [5.74, 6) is -0.000596. The molecular weight excluding hydrogens is 216 g/mol.